The van der Waals surface area contributed by atoms with Crippen LogP contribution in [0.5, 0.6) is 0 Å². The van der Waals surface area contributed by atoms with E-state index in [1.807, 2.05) is 13.0 Å². The third-order valence-corrected chi connectivity index (χ3v) is 4.15. The van der Waals surface area contributed by atoms with Gasteiger partial charge in [-0.3, -0.25) is 0 Å². The molecule has 74 valence electrons. The third kappa shape index (κ3) is 2.20. The minimum absolute atomic E-state index is 0.203. The number of sulfonamides is 1. The fraction of sp³-hybridized carbons (Fsp3) is 0.875. The number of hydrogen-bond acceptors (Lipinski definition) is 3. The second-order valence-corrected chi connectivity index (χ2v) is 5.25. The van der Waals surface area contributed by atoms with Gasteiger partial charge in [0.05, 0.1) is 11.8 Å². The Kier molecular flexibility index (Phi) is 3.28. The zero-order chi connectivity index (χ0) is 9.90. The lowest BCUT2D eigenvalue weighted by atomic mass is 10.2. The predicted molar refractivity (Wildman–Crippen MR) is 49.4 cm³/mol. The molecule has 1 fully saturated rings. The van der Waals surface area contributed by atoms with Gasteiger partial charge in [0.15, 0.2) is 0 Å². The maximum absolute atomic E-state index is 11.4. The summed E-state index contributed by atoms with van der Waals surface area (Å²) >= 11 is 0. The van der Waals surface area contributed by atoms with Crippen LogP contribution in [0, 0.1) is 11.3 Å². The van der Waals surface area contributed by atoms with E-state index < -0.39 is 16.1 Å². The average molecular weight is 202 g/mol. The summed E-state index contributed by atoms with van der Waals surface area (Å²) in [4.78, 5) is 0. The highest BCUT2D eigenvalue weighted by molar-refractivity contribution is 7.89. The number of nitrogens with zero attached hydrogens (tertiary/aromatic N) is 2. The Balaban J connectivity index is 2.76. The topological polar surface area (TPSA) is 61.2 Å². The molecule has 1 rings (SSSR count). The standard InChI is InChI=1S/C8H14N2O2S/c1-2-4-8(7-9)10-5-3-6-13(10,11)12/h8H,2-6H2,1H3. The number of hydrogen-bond donors (Lipinski definition) is 0. The summed E-state index contributed by atoms with van der Waals surface area (Å²) in [6.45, 7) is 2.47. The Morgan fingerprint density at radius 1 is 1.62 bits per heavy atom. The van der Waals surface area contributed by atoms with Crippen LogP contribution in [0.25, 0.3) is 0 Å². The van der Waals surface area contributed by atoms with E-state index in [0.717, 1.165) is 6.42 Å². The molecule has 0 saturated carbocycles. The van der Waals surface area contributed by atoms with E-state index in [1.54, 1.807) is 0 Å². The molecule has 0 radical (unpaired) electrons. The normalized spacial score (nSPS) is 24.0. The molecular weight excluding hydrogens is 188 g/mol. The fourth-order valence-electron chi connectivity index (χ4n) is 1.56. The number of rotatable bonds is 3. The van der Waals surface area contributed by atoms with E-state index in [1.165, 1.54) is 4.31 Å². The highest BCUT2D eigenvalue weighted by Crippen LogP contribution is 2.19. The second-order valence-electron chi connectivity index (χ2n) is 3.21. The molecule has 0 spiro atoms. The van der Waals surface area contributed by atoms with Crippen LogP contribution in [0.3, 0.4) is 0 Å². The van der Waals surface area contributed by atoms with Crippen LogP contribution >= 0.6 is 0 Å². The molecule has 1 atom stereocenters. The van der Waals surface area contributed by atoms with E-state index in [-0.39, 0.29) is 5.75 Å². The molecule has 1 unspecified atom stereocenters. The third-order valence-electron chi connectivity index (χ3n) is 2.20. The second kappa shape index (κ2) is 4.07. The first-order valence-electron chi connectivity index (χ1n) is 4.51. The van der Waals surface area contributed by atoms with Crippen LogP contribution in [0.4, 0.5) is 0 Å². The zero-order valence-electron chi connectivity index (χ0n) is 7.73. The van der Waals surface area contributed by atoms with Crippen molar-refractivity contribution in [2.24, 2.45) is 0 Å². The SMILES string of the molecule is CCCC(C#N)N1CCCS1(=O)=O. The molecule has 0 aromatic rings. The summed E-state index contributed by atoms with van der Waals surface area (Å²) in [5.74, 6) is 0.203. The summed E-state index contributed by atoms with van der Waals surface area (Å²) in [6.07, 6.45) is 2.13. The highest BCUT2D eigenvalue weighted by atomic mass is 32.2. The molecule has 4 nitrogen and oxygen atoms in total. The Morgan fingerprint density at radius 3 is 2.69 bits per heavy atom. The molecule has 1 saturated heterocycles. The first-order chi connectivity index (χ1) is 6.11. The van der Waals surface area contributed by atoms with Crippen molar-refractivity contribution in [1.82, 2.24) is 4.31 Å². The summed E-state index contributed by atoms with van der Waals surface area (Å²) in [7, 11) is -3.11. The first kappa shape index (κ1) is 10.5. The lowest BCUT2D eigenvalue weighted by molar-refractivity contribution is 0.376. The molecule has 5 heteroatoms. The van der Waals surface area contributed by atoms with Crippen molar-refractivity contribution < 1.29 is 8.42 Å². The Labute approximate surface area is 79.2 Å². The van der Waals surface area contributed by atoms with Crippen LogP contribution in [0.1, 0.15) is 26.2 Å². The molecule has 0 aliphatic carbocycles. The molecule has 1 aliphatic rings. The van der Waals surface area contributed by atoms with Gasteiger partial charge >= 0.3 is 0 Å². The molecule has 1 aliphatic heterocycles. The maximum atomic E-state index is 11.4. The molecule has 0 amide bonds. The van der Waals surface area contributed by atoms with Gasteiger partial charge in [-0.2, -0.15) is 9.57 Å². The van der Waals surface area contributed by atoms with Crippen molar-refractivity contribution >= 4 is 10.0 Å². The van der Waals surface area contributed by atoms with E-state index in [0.29, 0.717) is 19.4 Å². The van der Waals surface area contributed by atoms with Crippen LogP contribution in [-0.4, -0.2) is 31.1 Å². The largest absolute Gasteiger partial charge is 0.215 e. The van der Waals surface area contributed by atoms with Gasteiger partial charge in [0.25, 0.3) is 0 Å². The summed E-state index contributed by atoms with van der Waals surface area (Å²) in [5.41, 5.74) is 0. The lowest BCUT2D eigenvalue weighted by Crippen LogP contribution is -2.35. The molecule has 1 heterocycles. The van der Waals surface area contributed by atoms with Gasteiger partial charge in [-0.25, -0.2) is 8.42 Å². The van der Waals surface area contributed by atoms with Crippen LogP contribution in [0.15, 0.2) is 0 Å². The quantitative estimate of drug-likeness (QED) is 0.677. The predicted octanol–water partition coefficient (Wildman–Crippen LogP) is 0.714. The summed E-state index contributed by atoms with van der Waals surface area (Å²) < 4.78 is 24.2. The average Bonchev–Trinajstić information content (AvgIpc) is 2.41. The smallest absolute Gasteiger partial charge is 0.212 e. The Bertz CT molecular complexity index is 305. The minimum Gasteiger partial charge on any atom is -0.212 e. The minimum atomic E-state index is -3.11. The van der Waals surface area contributed by atoms with Gasteiger partial charge in [-0.05, 0) is 12.8 Å². The van der Waals surface area contributed by atoms with Crippen LogP contribution in [-0.2, 0) is 10.0 Å². The van der Waals surface area contributed by atoms with Gasteiger partial charge in [-0.1, -0.05) is 13.3 Å². The van der Waals surface area contributed by atoms with Crippen molar-refractivity contribution in [2.75, 3.05) is 12.3 Å². The van der Waals surface area contributed by atoms with Crippen LogP contribution in [0.2, 0.25) is 0 Å². The molecule has 0 bridgehead atoms. The van der Waals surface area contributed by atoms with Crippen molar-refractivity contribution in [1.29, 1.82) is 5.26 Å². The van der Waals surface area contributed by atoms with Crippen molar-refractivity contribution in [3.8, 4) is 6.07 Å². The van der Waals surface area contributed by atoms with Crippen molar-refractivity contribution in [3.63, 3.8) is 0 Å². The van der Waals surface area contributed by atoms with Crippen LogP contribution < -0.4 is 0 Å². The Hall–Kier alpha value is -0.600. The first-order valence-corrected chi connectivity index (χ1v) is 6.12. The van der Waals surface area contributed by atoms with E-state index in [4.69, 9.17) is 5.26 Å². The van der Waals surface area contributed by atoms with Gasteiger partial charge in [0.1, 0.15) is 6.04 Å². The summed E-state index contributed by atoms with van der Waals surface area (Å²) in [6, 6.07) is 1.60. The van der Waals surface area contributed by atoms with Gasteiger partial charge < -0.3 is 0 Å². The zero-order valence-corrected chi connectivity index (χ0v) is 8.55. The monoisotopic (exact) mass is 202 g/mol. The van der Waals surface area contributed by atoms with E-state index >= 15 is 0 Å². The van der Waals surface area contributed by atoms with E-state index in [9.17, 15) is 8.42 Å². The molecular formula is C8H14N2O2S. The fourth-order valence-corrected chi connectivity index (χ4v) is 3.23. The summed E-state index contributed by atoms with van der Waals surface area (Å²) in [5, 5.41) is 8.79. The van der Waals surface area contributed by atoms with Crippen molar-refractivity contribution in [2.45, 2.75) is 32.2 Å². The molecule has 0 aromatic carbocycles. The molecule has 13 heavy (non-hydrogen) atoms. The Morgan fingerprint density at radius 2 is 2.31 bits per heavy atom. The molecule has 0 aromatic heterocycles. The van der Waals surface area contributed by atoms with Crippen molar-refractivity contribution in [3.05, 3.63) is 0 Å². The van der Waals surface area contributed by atoms with Gasteiger partial charge in [0, 0.05) is 6.54 Å². The van der Waals surface area contributed by atoms with E-state index in [2.05, 4.69) is 0 Å². The molecule has 0 N–H and O–H groups in total. The van der Waals surface area contributed by atoms with Gasteiger partial charge in [-0.15, -0.1) is 0 Å². The highest BCUT2D eigenvalue weighted by Gasteiger charge is 2.33. The lowest BCUT2D eigenvalue weighted by Gasteiger charge is -2.19. The van der Waals surface area contributed by atoms with Gasteiger partial charge in [0.2, 0.25) is 10.0 Å². The maximum Gasteiger partial charge on any atom is 0.215 e. The number of nitriles is 1.